The molecule has 2 aromatic carbocycles. The first kappa shape index (κ1) is 16.2. The molecule has 0 fully saturated rings. The maximum Gasteiger partial charge on any atom is 0.168 e. The average molecular weight is 297 g/mol. The summed E-state index contributed by atoms with van der Waals surface area (Å²) in [4.78, 5) is 12.7. The second kappa shape index (κ2) is 7.76. The SMILES string of the molecule is CCC(Cc1ccccc1)C(=O)c1ccc(CCO)cc1N. The number of Topliss-reactive ketones (excluding diaryl/α,β-unsaturated/α-hetero) is 1. The molecule has 1 atom stereocenters. The van der Waals surface area contributed by atoms with Crippen molar-refractivity contribution >= 4 is 11.5 Å². The van der Waals surface area contributed by atoms with Gasteiger partial charge >= 0.3 is 0 Å². The highest BCUT2D eigenvalue weighted by Crippen LogP contribution is 2.23. The van der Waals surface area contributed by atoms with Gasteiger partial charge in [0, 0.05) is 23.8 Å². The number of anilines is 1. The van der Waals surface area contributed by atoms with Gasteiger partial charge < -0.3 is 10.8 Å². The fourth-order valence-corrected chi connectivity index (χ4v) is 2.66. The molecule has 3 nitrogen and oxygen atoms in total. The quantitative estimate of drug-likeness (QED) is 0.609. The first-order valence-corrected chi connectivity index (χ1v) is 7.73. The third-order valence-corrected chi connectivity index (χ3v) is 3.97. The van der Waals surface area contributed by atoms with Gasteiger partial charge in [0.15, 0.2) is 5.78 Å². The van der Waals surface area contributed by atoms with E-state index in [9.17, 15) is 4.79 Å². The molecular formula is C19H23NO2. The minimum Gasteiger partial charge on any atom is -0.398 e. The molecule has 0 aliphatic heterocycles. The standard InChI is InChI=1S/C19H23NO2/c1-2-16(12-14-6-4-3-5-7-14)19(22)17-9-8-15(10-11-21)13-18(17)20/h3-9,13,16,21H,2,10-12,20H2,1H3. The number of nitrogen functional groups attached to an aromatic ring is 1. The van der Waals surface area contributed by atoms with Crippen molar-refractivity contribution in [1.82, 2.24) is 0 Å². The Morgan fingerprint density at radius 3 is 2.45 bits per heavy atom. The van der Waals surface area contributed by atoms with Gasteiger partial charge in [0.1, 0.15) is 0 Å². The first-order valence-electron chi connectivity index (χ1n) is 7.73. The summed E-state index contributed by atoms with van der Waals surface area (Å²) >= 11 is 0. The fourth-order valence-electron chi connectivity index (χ4n) is 2.66. The topological polar surface area (TPSA) is 63.3 Å². The Bertz CT molecular complexity index is 623. The van der Waals surface area contributed by atoms with E-state index in [0.717, 1.165) is 24.0 Å². The van der Waals surface area contributed by atoms with Gasteiger partial charge in [0.05, 0.1) is 0 Å². The summed E-state index contributed by atoms with van der Waals surface area (Å²) in [6.45, 7) is 2.11. The van der Waals surface area contributed by atoms with E-state index in [4.69, 9.17) is 10.8 Å². The molecule has 0 saturated heterocycles. The first-order chi connectivity index (χ1) is 10.7. The number of aliphatic hydroxyl groups excluding tert-OH is 1. The van der Waals surface area contributed by atoms with Gasteiger partial charge in [0.25, 0.3) is 0 Å². The van der Waals surface area contributed by atoms with Crippen molar-refractivity contribution < 1.29 is 9.90 Å². The lowest BCUT2D eigenvalue weighted by Crippen LogP contribution is -2.18. The van der Waals surface area contributed by atoms with Gasteiger partial charge in [-0.25, -0.2) is 0 Å². The van der Waals surface area contributed by atoms with Crippen molar-refractivity contribution in [2.45, 2.75) is 26.2 Å². The van der Waals surface area contributed by atoms with E-state index in [-0.39, 0.29) is 18.3 Å². The van der Waals surface area contributed by atoms with Crippen molar-refractivity contribution in [3.05, 3.63) is 65.2 Å². The monoisotopic (exact) mass is 297 g/mol. The largest absolute Gasteiger partial charge is 0.398 e. The summed E-state index contributed by atoms with van der Waals surface area (Å²) in [5.41, 5.74) is 9.24. The van der Waals surface area contributed by atoms with Gasteiger partial charge in [-0.3, -0.25) is 4.79 Å². The molecule has 0 aliphatic carbocycles. The minimum absolute atomic E-state index is 0.0617. The highest BCUT2D eigenvalue weighted by molar-refractivity contribution is 6.02. The predicted octanol–water partition coefficient (Wildman–Crippen LogP) is 3.26. The predicted molar refractivity (Wildman–Crippen MR) is 89.9 cm³/mol. The molecule has 0 aromatic heterocycles. The Morgan fingerprint density at radius 1 is 1.14 bits per heavy atom. The van der Waals surface area contributed by atoms with E-state index in [2.05, 4.69) is 0 Å². The average Bonchev–Trinajstić information content (AvgIpc) is 2.53. The number of carbonyl (C=O) groups is 1. The lowest BCUT2D eigenvalue weighted by Gasteiger charge is -2.16. The highest BCUT2D eigenvalue weighted by Gasteiger charge is 2.20. The number of aliphatic hydroxyl groups is 1. The lowest BCUT2D eigenvalue weighted by atomic mass is 9.88. The highest BCUT2D eigenvalue weighted by atomic mass is 16.2. The molecule has 22 heavy (non-hydrogen) atoms. The summed E-state index contributed by atoms with van der Waals surface area (Å²) in [5.74, 6) is 0.0350. The fraction of sp³-hybridized carbons (Fsp3) is 0.316. The molecule has 2 rings (SSSR count). The molecule has 1 unspecified atom stereocenters. The Morgan fingerprint density at radius 2 is 1.86 bits per heavy atom. The number of hydrogen-bond acceptors (Lipinski definition) is 3. The number of ketones is 1. The summed E-state index contributed by atoms with van der Waals surface area (Å²) in [6.07, 6.45) is 2.07. The number of carbonyl (C=O) groups excluding carboxylic acids is 1. The Kier molecular flexibility index (Phi) is 5.73. The van der Waals surface area contributed by atoms with Crippen molar-refractivity contribution in [2.24, 2.45) is 5.92 Å². The third kappa shape index (κ3) is 3.95. The van der Waals surface area contributed by atoms with Crippen LogP contribution in [0.1, 0.15) is 34.8 Å². The maximum absolute atomic E-state index is 12.7. The van der Waals surface area contributed by atoms with Crippen LogP contribution in [0.15, 0.2) is 48.5 Å². The van der Waals surface area contributed by atoms with Crippen LogP contribution < -0.4 is 5.73 Å². The minimum atomic E-state index is -0.0617. The van der Waals surface area contributed by atoms with Crippen LogP contribution in [0.3, 0.4) is 0 Å². The Hall–Kier alpha value is -2.13. The van der Waals surface area contributed by atoms with Crippen LogP contribution in [0.25, 0.3) is 0 Å². The van der Waals surface area contributed by atoms with Crippen molar-refractivity contribution in [3.63, 3.8) is 0 Å². The molecule has 0 radical (unpaired) electrons. The Labute approximate surface area is 131 Å². The zero-order valence-corrected chi connectivity index (χ0v) is 13.0. The molecule has 0 heterocycles. The molecule has 0 aliphatic rings. The molecule has 0 bridgehead atoms. The molecule has 2 aromatic rings. The van der Waals surface area contributed by atoms with Crippen molar-refractivity contribution in [3.8, 4) is 0 Å². The van der Waals surface area contributed by atoms with Crippen LogP contribution in [0, 0.1) is 5.92 Å². The molecular weight excluding hydrogens is 274 g/mol. The molecule has 116 valence electrons. The molecule has 3 heteroatoms. The van der Waals surface area contributed by atoms with Gasteiger partial charge in [-0.05, 0) is 42.5 Å². The molecule has 0 saturated carbocycles. The van der Waals surface area contributed by atoms with Crippen LogP contribution >= 0.6 is 0 Å². The maximum atomic E-state index is 12.7. The van der Waals surface area contributed by atoms with E-state index in [1.807, 2.05) is 43.3 Å². The van der Waals surface area contributed by atoms with Crippen LogP contribution in [0.5, 0.6) is 0 Å². The van der Waals surface area contributed by atoms with E-state index in [0.29, 0.717) is 17.7 Å². The summed E-state index contributed by atoms with van der Waals surface area (Å²) in [6, 6.07) is 15.5. The van der Waals surface area contributed by atoms with Crippen LogP contribution in [0.4, 0.5) is 5.69 Å². The van der Waals surface area contributed by atoms with Gasteiger partial charge in [-0.2, -0.15) is 0 Å². The Balaban J connectivity index is 2.18. The summed E-state index contributed by atoms with van der Waals surface area (Å²) < 4.78 is 0. The molecule has 0 spiro atoms. The van der Waals surface area contributed by atoms with E-state index >= 15 is 0 Å². The van der Waals surface area contributed by atoms with Gasteiger partial charge in [0.2, 0.25) is 0 Å². The van der Waals surface area contributed by atoms with Crippen molar-refractivity contribution in [2.75, 3.05) is 12.3 Å². The second-order valence-electron chi connectivity index (χ2n) is 5.55. The van der Waals surface area contributed by atoms with Crippen LogP contribution in [-0.4, -0.2) is 17.5 Å². The molecule has 3 N–H and O–H groups in total. The zero-order valence-electron chi connectivity index (χ0n) is 13.0. The number of nitrogens with two attached hydrogens (primary N) is 1. The summed E-state index contributed by atoms with van der Waals surface area (Å²) in [7, 11) is 0. The van der Waals surface area contributed by atoms with E-state index in [1.54, 1.807) is 12.1 Å². The normalized spacial score (nSPS) is 12.1. The number of rotatable bonds is 7. The van der Waals surface area contributed by atoms with E-state index in [1.165, 1.54) is 0 Å². The van der Waals surface area contributed by atoms with Gasteiger partial charge in [-0.1, -0.05) is 43.3 Å². The van der Waals surface area contributed by atoms with Gasteiger partial charge in [-0.15, -0.1) is 0 Å². The number of benzene rings is 2. The van der Waals surface area contributed by atoms with Crippen LogP contribution in [-0.2, 0) is 12.8 Å². The third-order valence-electron chi connectivity index (χ3n) is 3.97. The zero-order chi connectivity index (χ0) is 15.9. The summed E-state index contributed by atoms with van der Waals surface area (Å²) in [5, 5.41) is 8.97. The van der Waals surface area contributed by atoms with Crippen molar-refractivity contribution in [1.29, 1.82) is 0 Å². The van der Waals surface area contributed by atoms with Crippen LogP contribution in [0.2, 0.25) is 0 Å². The van der Waals surface area contributed by atoms with E-state index < -0.39 is 0 Å². The lowest BCUT2D eigenvalue weighted by molar-refractivity contribution is 0.0917. The number of hydrogen-bond donors (Lipinski definition) is 2. The smallest absolute Gasteiger partial charge is 0.168 e. The second-order valence-corrected chi connectivity index (χ2v) is 5.55. The molecule has 0 amide bonds.